The van der Waals surface area contributed by atoms with E-state index in [-0.39, 0.29) is 23.0 Å². The molecule has 0 bridgehead atoms. The lowest BCUT2D eigenvalue weighted by Gasteiger charge is -2.17. The van der Waals surface area contributed by atoms with Gasteiger partial charge in [0.15, 0.2) is 5.76 Å². The third kappa shape index (κ3) is 3.66. The van der Waals surface area contributed by atoms with Gasteiger partial charge in [-0.25, -0.2) is 12.7 Å². The van der Waals surface area contributed by atoms with Gasteiger partial charge in [0.1, 0.15) is 10.7 Å². The molecule has 0 spiro atoms. The molecule has 1 amide bonds. The number of aryl methyl sites for hydroxylation is 1. The Morgan fingerprint density at radius 1 is 1.32 bits per heavy atom. The van der Waals surface area contributed by atoms with Crippen molar-refractivity contribution in [1.82, 2.24) is 9.21 Å². The van der Waals surface area contributed by atoms with E-state index < -0.39 is 27.8 Å². The Morgan fingerprint density at radius 2 is 1.86 bits per heavy atom. The molecule has 0 aliphatic rings. The van der Waals surface area contributed by atoms with E-state index in [1.54, 1.807) is 0 Å². The molecule has 124 valence electrons. The van der Waals surface area contributed by atoms with Gasteiger partial charge in [0.25, 0.3) is 5.91 Å². The van der Waals surface area contributed by atoms with Crippen LogP contribution < -0.4 is 0 Å². The number of carbonyl (C=O) groups is 2. The largest absolute Gasteiger partial charge is 0.481 e. The van der Waals surface area contributed by atoms with Crippen molar-refractivity contribution in [2.24, 2.45) is 5.92 Å². The third-order valence-corrected chi connectivity index (χ3v) is 5.08. The van der Waals surface area contributed by atoms with E-state index in [1.807, 2.05) is 0 Å². The number of carboxylic acid groups (broad SMARTS) is 1. The van der Waals surface area contributed by atoms with Crippen LogP contribution >= 0.6 is 0 Å². The normalized spacial score (nSPS) is 13.2. The van der Waals surface area contributed by atoms with Gasteiger partial charge in [-0.15, -0.1) is 0 Å². The molecule has 1 unspecified atom stereocenters. The lowest BCUT2D eigenvalue weighted by molar-refractivity contribution is -0.141. The van der Waals surface area contributed by atoms with Crippen LogP contribution in [0.5, 0.6) is 0 Å². The molecule has 1 aromatic rings. The van der Waals surface area contributed by atoms with Gasteiger partial charge in [-0.2, -0.15) is 0 Å². The van der Waals surface area contributed by atoms with Crippen LogP contribution in [0.2, 0.25) is 0 Å². The second kappa shape index (κ2) is 6.49. The van der Waals surface area contributed by atoms with Crippen molar-refractivity contribution in [2.45, 2.75) is 18.7 Å². The minimum absolute atomic E-state index is 0.0102. The maximum Gasteiger partial charge on any atom is 0.308 e. The summed E-state index contributed by atoms with van der Waals surface area (Å²) in [5, 5.41) is 8.85. The summed E-state index contributed by atoms with van der Waals surface area (Å²) in [6.07, 6.45) is 0. The van der Waals surface area contributed by atoms with E-state index in [4.69, 9.17) is 9.52 Å². The predicted molar refractivity (Wildman–Crippen MR) is 78.1 cm³/mol. The van der Waals surface area contributed by atoms with Crippen LogP contribution in [0.4, 0.5) is 0 Å². The summed E-state index contributed by atoms with van der Waals surface area (Å²) < 4.78 is 30.4. The predicted octanol–water partition coefficient (Wildman–Crippen LogP) is 0.631. The first kappa shape index (κ1) is 18.2. The first-order valence-electron chi connectivity index (χ1n) is 6.49. The number of nitrogens with zero attached hydrogens (tertiary/aromatic N) is 2. The molecule has 8 nitrogen and oxygen atoms in total. The molecule has 22 heavy (non-hydrogen) atoms. The fourth-order valence-electron chi connectivity index (χ4n) is 1.78. The number of carbonyl (C=O) groups excluding carboxylic acids is 1. The van der Waals surface area contributed by atoms with Crippen LogP contribution in [-0.4, -0.2) is 62.3 Å². The van der Waals surface area contributed by atoms with Crippen molar-refractivity contribution < 1.29 is 27.5 Å². The Hall–Kier alpha value is -1.87. The zero-order valence-electron chi connectivity index (χ0n) is 13.2. The van der Waals surface area contributed by atoms with Gasteiger partial charge in [0.2, 0.25) is 10.0 Å². The molecule has 0 saturated carbocycles. The number of carboxylic acids is 1. The van der Waals surface area contributed by atoms with Gasteiger partial charge in [0, 0.05) is 33.8 Å². The second-order valence-electron chi connectivity index (χ2n) is 5.24. The highest BCUT2D eigenvalue weighted by molar-refractivity contribution is 7.89. The summed E-state index contributed by atoms with van der Waals surface area (Å²) in [5.74, 6) is -2.37. The number of furan rings is 1. The Bertz CT molecular complexity index is 677. The average molecular weight is 332 g/mol. The van der Waals surface area contributed by atoms with Crippen molar-refractivity contribution in [3.05, 3.63) is 17.6 Å². The van der Waals surface area contributed by atoms with Crippen LogP contribution in [-0.2, 0) is 14.8 Å². The van der Waals surface area contributed by atoms with Crippen molar-refractivity contribution in [3.63, 3.8) is 0 Å². The van der Waals surface area contributed by atoms with E-state index in [0.29, 0.717) is 0 Å². The van der Waals surface area contributed by atoms with Crippen LogP contribution in [0, 0.1) is 12.8 Å². The van der Waals surface area contributed by atoms with Gasteiger partial charge in [-0.05, 0) is 6.92 Å². The molecule has 1 heterocycles. The van der Waals surface area contributed by atoms with Crippen LogP contribution in [0.15, 0.2) is 15.4 Å². The third-order valence-electron chi connectivity index (χ3n) is 3.16. The smallest absolute Gasteiger partial charge is 0.308 e. The second-order valence-corrected chi connectivity index (χ2v) is 7.36. The molecule has 0 aliphatic heterocycles. The van der Waals surface area contributed by atoms with E-state index in [0.717, 1.165) is 10.4 Å². The molecule has 0 aromatic carbocycles. The zero-order chi connectivity index (χ0) is 17.2. The Morgan fingerprint density at radius 3 is 2.32 bits per heavy atom. The Kier molecular flexibility index (Phi) is 5.36. The monoisotopic (exact) mass is 332 g/mol. The highest BCUT2D eigenvalue weighted by Gasteiger charge is 2.27. The van der Waals surface area contributed by atoms with Crippen LogP contribution in [0.25, 0.3) is 0 Å². The minimum Gasteiger partial charge on any atom is -0.481 e. The zero-order valence-corrected chi connectivity index (χ0v) is 14.0. The van der Waals surface area contributed by atoms with Crippen molar-refractivity contribution in [2.75, 3.05) is 27.7 Å². The first-order chi connectivity index (χ1) is 9.98. The van der Waals surface area contributed by atoms with Crippen molar-refractivity contribution in [3.8, 4) is 0 Å². The lowest BCUT2D eigenvalue weighted by atomic mass is 10.2. The van der Waals surface area contributed by atoms with Crippen LogP contribution in [0.1, 0.15) is 23.2 Å². The molecule has 9 heteroatoms. The molecule has 0 saturated heterocycles. The number of sulfonamides is 1. The van der Waals surface area contributed by atoms with Gasteiger partial charge in [-0.1, -0.05) is 6.92 Å². The number of hydrogen-bond donors (Lipinski definition) is 1. The molecule has 0 radical (unpaired) electrons. The fraction of sp³-hybridized carbons (Fsp3) is 0.538. The Balaban J connectivity index is 3.05. The van der Waals surface area contributed by atoms with Gasteiger partial charge in [-0.3, -0.25) is 9.59 Å². The van der Waals surface area contributed by atoms with E-state index in [1.165, 1.54) is 39.9 Å². The number of amides is 1. The molecule has 0 fully saturated rings. The maximum atomic E-state index is 12.2. The summed E-state index contributed by atoms with van der Waals surface area (Å²) in [5.41, 5.74) is 0. The van der Waals surface area contributed by atoms with Gasteiger partial charge >= 0.3 is 5.97 Å². The van der Waals surface area contributed by atoms with E-state index in [2.05, 4.69) is 0 Å². The summed E-state index contributed by atoms with van der Waals surface area (Å²) in [7, 11) is 0.480. The molecular weight excluding hydrogens is 312 g/mol. The standard InChI is InChI=1S/C13H20N2O6S/c1-8(13(17)18)7-15(5)12(16)10-6-11(9(2)21-10)22(19,20)14(3)4/h6,8H,7H2,1-5H3,(H,17,18). The van der Waals surface area contributed by atoms with Gasteiger partial charge < -0.3 is 14.4 Å². The fourth-order valence-corrected chi connectivity index (χ4v) is 2.84. The van der Waals surface area contributed by atoms with Crippen LogP contribution in [0.3, 0.4) is 0 Å². The molecular formula is C13H20N2O6S. The quantitative estimate of drug-likeness (QED) is 0.818. The number of hydrogen-bond acceptors (Lipinski definition) is 5. The Labute approximate surface area is 129 Å². The minimum atomic E-state index is -3.71. The highest BCUT2D eigenvalue weighted by atomic mass is 32.2. The van der Waals surface area contributed by atoms with Crippen molar-refractivity contribution >= 4 is 21.9 Å². The summed E-state index contributed by atoms with van der Waals surface area (Å²) in [4.78, 5) is 24.1. The summed E-state index contributed by atoms with van der Waals surface area (Å²) in [6.45, 7) is 2.91. The molecule has 0 aliphatic carbocycles. The lowest BCUT2D eigenvalue weighted by Crippen LogP contribution is -2.33. The number of rotatable bonds is 6. The topological polar surface area (TPSA) is 108 Å². The SMILES string of the molecule is Cc1oc(C(=O)N(C)CC(C)C(=O)O)cc1S(=O)(=O)N(C)C. The van der Waals surface area contributed by atoms with Gasteiger partial charge in [0.05, 0.1) is 5.92 Å². The first-order valence-corrected chi connectivity index (χ1v) is 7.93. The van der Waals surface area contributed by atoms with E-state index in [9.17, 15) is 18.0 Å². The molecule has 1 atom stereocenters. The molecule has 1 N–H and O–H groups in total. The summed E-state index contributed by atoms with van der Waals surface area (Å²) in [6, 6.07) is 1.16. The summed E-state index contributed by atoms with van der Waals surface area (Å²) >= 11 is 0. The molecule has 1 rings (SSSR count). The maximum absolute atomic E-state index is 12.2. The highest BCUT2D eigenvalue weighted by Crippen LogP contribution is 2.23. The van der Waals surface area contributed by atoms with Crippen molar-refractivity contribution in [1.29, 1.82) is 0 Å². The number of aliphatic carboxylic acids is 1. The van der Waals surface area contributed by atoms with E-state index >= 15 is 0 Å². The molecule has 1 aromatic heterocycles. The average Bonchev–Trinajstić information content (AvgIpc) is 2.79.